The third kappa shape index (κ3) is 4.60. The predicted octanol–water partition coefficient (Wildman–Crippen LogP) is 0.408. The number of hydrogen-bond acceptors (Lipinski definition) is 3. The van der Waals surface area contributed by atoms with Crippen molar-refractivity contribution in [2.24, 2.45) is 5.73 Å². The summed E-state index contributed by atoms with van der Waals surface area (Å²) in [5, 5.41) is 3.43. The fraction of sp³-hybridized carbons (Fsp3) is 1.00. The fourth-order valence-corrected chi connectivity index (χ4v) is 1.69. The van der Waals surface area contributed by atoms with Crippen LogP contribution in [0.25, 0.3) is 0 Å². The molecule has 3 heteroatoms. The zero-order chi connectivity index (χ0) is 9.68. The zero-order valence-electron chi connectivity index (χ0n) is 8.92. The highest BCUT2D eigenvalue weighted by atomic mass is 15.1. The van der Waals surface area contributed by atoms with Gasteiger partial charge in [0.1, 0.15) is 0 Å². The van der Waals surface area contributed by atoms with Crippen molar-refractivity contribution in [2.75, 3.05) is 26.2 Å². The van der Waals surface area contributed by atoms with Crippen molar-refractivity contribution in [2.45, 2.75) is 38.8 Å². The van der Waals surface area contributed by atoms with Crippen molar-refractivity contribution in [3.05, 3.63) is 0 Å². The van der Waals surface area contributed by atoms with Gasteiger partial charge in [-0.1, -0.05) is 13.8 Å². The molecule has 3 N–H and O–H groups in total. The molecule has 0 atom stereocenters. The molecule has 1 saturated heterocycles. The topological polar surface area (TPSA) is 41.3 Å². The van der Waals surface area contributed by atoms with Gasteiger partial charge in [0.2, 0.25) is 0 Å². The molecule has 0 aromatic rings. The van der Waals surface area contributed by atoms with Crippen molar-refractivity contribution in [1.29, 1.82) is 0 Å². The second-order valence-corrected chi connectivity index (χ2v) is 4.29. The van der Waals surface area contributed by atoms with Gasteiger partial charge in [-0.2, -0.15) is 0 Å². The molecule has 1 heterocycles. The summed E-state index contributed by atoms with van der Waals surface area (Å²) in [7, 11) is 0. The van der Waals surface area contributed by atoms with E-state index in [1.54, 1.807) is 0 Å². The normalized spacial score (nSPS) is 21.2. The van der Waals surface area contributed by atoms with Crippen LogP contribution in [0.15, 0.2) is 0 Å². The van der Waals surface area contributed by atoms with Gasteiger partial charge in [0.15, 0.2) is 0 Å². The Hall–Kier alpha value is -0.120. The van der Waals surface area contributed by atoms with E-state index < -0.39 is 0 Å². The molecule has 1 rings (SSSR count). The minimum absolute atomic E-state index is 0.453. The van der Waals surface area contributed by atoms with E-state index >= 15 is 0 Å². The number of piperidine rings is 1. The molecule has 78 valence electrons. The first kappa shape index (κ1) is 11.0. The van der Waals surface area contributed by atoms with Gasteiger partial charge in [0, 0.05) is 25.2 Å². The molecule has 0 aromatic carbocycles. The van der Waals surface area contributed by atoms with Gasteiger partial charge in [0.05, 0.1) is 0 Å². The maximum atomic E-state index is 5.83. The number of hydrogen-bond donors (Lipinski definition) is 2. The monoisotopic (exact) mass is 185 g/mol. The van der Waals surface area contributed by atoms with Crippen LogP contribution in [0.2, 0.25) is 0 Å². The summed E-state index contributed by atoms with van der Waals surface area (Å²) < 4.78 is 0. The Balaban J connectivity index is 2.02. The summed E-state index contributed by atoms with van der Waals surface area (Å²) in [6, 6.07) is 1.06. The number of nitrogens with one attached hydrogen (secondary N) is 1. The molecule has 0 aromatic heterocycles. The largest absolute Gasteiger partial charge is 0.328 e. The van der Waals surface area contributed by atoms with Crippen molar-refractivity contribution >= 4 is 0 Å². The second-order valence-electron chi connectivity index (χ2n) is 4.29. The Morgan fingerprint density at radius 3 is 2.54 bits per heavy atom. The molecular weight excluding hydrogens is 162 g/mol. The van der Waals surface area contributed by atoms with E-state index in [9.17, 15) is 0 Å². The predicted molar refractivity (Wildman–Crippen MR) is 56.8 cm³/mol. The van der Waals surface area contributed by atoms with Gasteiger partial charge < -0.3 is 16.0 Å². The van der Waals surface area contributed by atoms with Crippen LogP contribution < -0.4 is 11.1 Å². The van der Waals surface area contributed by atoms with Crippen molar-refractivity contribution in [3.8, 4) is 0 Å². The first-order chi connectivity index (χ1) is 6.18. The number of likely N-dealkylation sites (tertiary alicyclic amines) is 1. The van der Waals surface area contributed by atoms with Crippen LogP contribution in [-0.2, 0) is 0 Å². The molecule has 1 fully saturated rings. The Kier molecular flexibility index (Phi) is 4.70. The van der Waals surface area contributed by atoms with Crippen molar-refractivity contribution < 1.29 is 0 Å². The van der Waals surface area contributed by atoms with Gasteiger partial charge in [-0.05, 0) is 25.9 Å². The molecule has 3 nitrogen and oxygen atoms in total. The molecule has 0 bridgehead atoms. The zero-order valence-corrected chi connectivity index (χ0v) is 8.92. The lowest BCUT2D eigenvalue weighted by atomic mass is 10.1. The van der Waals surface area contributed by atoms with Crippen LogP contribution in [0, 0.1) is 0 Å². The lowest BCUT2D eigenvalue weighted by Crippen LogP contribution is -2.43. The summed E-state index contributed by atoms with van der Waals surface area (Å²) in [6.45, 7) is 9.01. The molecule has 0 amide bonds. The van der Waals surface area contributed by atoms with E-state index in [0.29, 0.717) is 12.1 Å². The highest BCUT2D eigenvalue weighted by Gasteiger charge is 2.14. The van der Waals surface area contributed by atoms with Crippen LogP contribution in [0.1, 0.15) is 26.7 Å². The summed E-state index contributed by atoms with van der Waals surface area (Å²) in [6.07, 6.45) is 2.34. The van der Waals surface area contributed by atoms with Crippen LogP contribution in [-0.4, -0.2) is 43.2 Å². The number of nitrogens with zero attached hydrogens (tertiary/aromatic N) is 1. The Labute approximate surface area is 81.7 Å². The van der Waals surface area contributed by atoms with Gasteiger partial charge in [-0.25, -0.2) is 0 Å². The molecular formula is C10H23N3. The van der Waals surface area contributed by atoms with Crippen LogP contribution >= 0.6 is 0 Å². The molecule has 0 radical (unpaired) electrons. The second kappa shape index (κ2) is 5.58. The molecule has 1 aliphatic rings. The SMILES string of the molecule is CC(C)NCCN1CCC(N)CC1. The molecule has 0 saturated carbocycles. The maximum absolute atomic E-state index is 5.83. The summed E-state index contributed by atoms with van der Waals surface area (Å²) in [5.74, 6) is 0. The van der Waals surface area contributed by atoms with E-state index in [1.807, 2.05) is 0 Å². The highest BCUT2D eigenvalue weighted by molar-refractivity contribution is 4.74. The van der Waals surface area contributed by atoms with Gasteiger partial charge >= 0.3 is 0 Å². The molecule has 0 aliphatic carbocycles. The van der Waals surface area contributed by atoms with E-state index in [4.69, 9.17) is 5.73 Å². The third-order valence-electron chi connectivity index (χ3n) is 2.61. The lowest BCUT2D eigenvalue weighted by molar-refractivity contribution is 0.212. The van der Waals surface area contributed by atoms with E-state index in [0.717, 1.165) is 6.54 Å². The van der Waals surface area contributed by atoms with Crippen LogP contribution in [0.5, 0.6) is 0 Å². The van der Waals surface area contributed by atoms with Gasteiger partial charge in [0.25, 0.3) is 0 Å². The fourth-order valence-electron chi connectivity index (χ4n) is 1.69. The van der Waals surface area contributed by atoms with Crippen LogP contribution in [0.4, 0.5) is 0 Å². The number of rotatable bonds is 4. The standard InChI is InChI=1S/C10H23N3/c1-9(2)12-5-8-13-6-3-10(11)4-7-13/h9-10,12H,3-8,11H2,1-2H3. The maximum Gasteiger partial charge on any atom is 0.0107 e. The highest BCUT2D eigenvalue weighted by Crippen LogP contribution is 2.06. The van der Waals surface area contributed by atoms with Crippen molar-refractivity contribution in [3.63, 3.8) is 0 Å². The van der Waals surface area contributed by atoms with E-state index in [1.165, 1.54) is 32.5 Å². The van der Waals surface area contributed by atoms with Gasteiger partial charge in [-0.3, -0.25) is 0 Å². The Bertz CT molecular complexity index is 128. The quantitative estimate of drug-likeness (QED) is 0.666. The Morgan fingerprint density at radius 2 is 2.00 bits per heavy atom. The first-order valence-corrected chi connectivity index (χ1v) is 5.40. The van der Waals surface area contributed by atoms with E-state index in [-0.39, 0.29) is 0 Å². The molecule has 13 heavy (non-hydrogen) atoms. The Morgan fingerprint density at radius 1 is 1.38 bits per heavy atom. The third-order valence-corrected chi connectivity index (χ3v) is 2.61. The molecule has 1 aliphatic heterocycles. The number of nitrogens with two attached hydrogens (primary N) is 1. The summed E-state index contributed by atoms with van der Waals surface area (Å²) in [4.78, 5) is 2.50. The average Bonchev–Trinajstić information content (AvgIpc) is 2.08. The first-order valence-electron chi connectivity index (χ1n) is 5.40. The average molecular weight is 185 g/mol. The van der Waals surface area contributed by atoms with E-state index in [2.05, 4.69) is 24.1 Å². The molecule has 0 unspecified atom stereocenters. The summed E-state index contributed by atoms with van der Waals surface area (Å²) >= 11 is 0. The van der Waals surface area contributed by atoms with Crippen LogP contribution in [0.3, 0.4) is 0 Å². The summed E-state index contributed by atoms with van der Waals surface area (Å²) in [5.41, 5.74) is 5.83. The smallest absolute Gasteiger partial charge is 0.0107 e. The van der Waals surface area contributed by atoms with Crippen molar-refractivity contribution in [1.82, 2.24) is 10.2 Å². The molecule has 0 spiro atoms. The minimum Gasteiger partial charge on any atom is -0.328 e. The minimum atomic E-state index is 0.453. The lowest BCUT2D eigenvalue weighted by Gasteiger charge is -2.30. The van der Waals surface area contributed by atoms with Gasteiger partial charge in [-0.15, -0.1) is 0 Å².